The van der Waals surface area contributed by atoms with Crippen molar-refractivity contribution >= 4 is 29.8 Å². The Morgan fingerprint density at radius 1 is 1.13 bits per heavy atom. The Hall–Kier alpha value is -1.44. The Balaban J connectivity index is 4.42. The minimum Gasteiger partial charge on any atom is -0.480 e. The standard InChI is InChI=1S/C15H27NO6S/c1-6-12(17)21-14(10(4)5)22-15(20)16-7-11(13(18)19)23-8-9(2)3/h9-11,14H,6-8H2,1-5H3,(H,16,20)(H,18,19)/t11-,14+/m0/s1. The number of carbonyl (C=O) groups excluding carboxylic acids is 2. The van der Waals surface area contributed by atoms with Gasteiger partial charge < -0.3 is 19.9 Å². The predicted molar refractivity (Wildman–Crippen MR) is 88.2 cm³/mol. The van der Waals surface area contributed by atoms with Gasteiger partial charge in [0, 0.05) is 18.9 Å². The average Bonchev–Trinajstić information content (AvgIpc) is 2.45. The summed E-state index contributed by atoms with van der Waals surface area (Å²) in [6.07, 6.45) is -1.61. The van der Waals surface area contributed by atoms with Crippen molar-refractivity contribution in [3.8, 4) is 0 Å². The molecule has 0 aromatic heterocycles. The summed E-state index contributed by atoms with van der Waals surface area (Å²) < 4.78 is 10.1. The largest absolute Gasteiger partial charge is 0.480 e. The van der Waals surface area contributed by atoms with Gasteiger partial charge in [-0.15, -0.1) is 11.8 Å². The second kappa shape index (κ2) is 11.2. The normalized spacial score (nSPS) is 13.5. The van der Waals surface area contributed by atoms with Crippen LogP contribution in [-0.2, 0) is 19.1 Å². The highest BCUT2D eigenvalue weighted by molar-refractivity contribution is 8.00. The Morgan fingerprint density at radius 3 is 2.17 bits per heavy atom. The number of carbonyl (C=O) groups is 3. The van der Waals surface area contributed by atoms with Crippen LogP contribution in [0.3, 0.4) is 0 Å². The third-order valence-electron chi connectivity index (χ3n) is 2.64. The molecule has 0 aromatic rings. The molecule has 0 rings (SSSR count). The summed E-state index contributed by atoms with van der Waals surface area (Å²) in [5, 5.41) is 10.8. The number of ether oxygens (including phenoxy) is 2. The Bertz CT molecular complexity index is 399. The fourth-order valence-corrected chi connectivity index (χ4v) is 2.32. The summed E-state index contributed by atoms with van der Waals surface area (Å²) in [6, 6.07) is 0. The van der Waals surface area contributed by atoms with E-state index in [-0.39, 0.29) is 18.9 Å². The number of hydrogen-bond donors (Lipinski definition) is 2. The van der Waals surface area contributed by atoms with E-state index in [0.29, 0.717) is 11.7 Å². The SMILES string of the molecule is CCC(=O)O[C@H](OC(=O)NC[C@H](SCC(C)C)C(=O)O)C(C)C. The first-order chi connectivity index (χ1) is 10.7. The van der Waals surface area contributed by atoms with Gasteiger partial charge >= 0.3 is 18.0 Å². The minimum absolute atomic E-state index is 0.0574. The van der Waals surface area contributed by atoms with Gasteiger partial charge in [0.25, 0.3) is 6.29 Å². The first-order valence-electron chi connectivity index (χ1n) is 7.65. The van der Waals surface area contributed by atoms with Crippen LogP contribution in [0.2, 0.25) is 0 Å². The number of carboxylic acid groups (broad SMARTS) is 1. The summed E-state index contributed by atoms with van der Waals surface area (Å²) in [5.74, 6) is -0.633. The second-order valence-electron chi connectivity index (χ2n) is 5.80. The summed E-state index contributed by atoms with van der Waals surface area (Å²) in [6.45, 7) is 9.06. The molecule has 2 N–H and O–H groups in total. The minimum atomic E-state index is -0.992. The van der Waals surface area contributed by atoms with Crippen LogP contribution in [-0.4, -0.2) is 47.0 Å². The molecule has 134 valence electrons. The molecule has 0 aliphatic rings. The molecule has 1 amide bonds. The molecule has 0 bridgehead atoms. The van der Waals surface area contributed by atoms with E-state index in [1.165, 1.54) is 11.8 Å². The molecule has 0 saturated heterocycles. The lowest BCUT2D eigenvalue weighted by Gasteiger charge is -2.22. The molecule has 0 fully saturated rings. The zero-order valence-corrected chi connectivity index (χ0v) is 15.1. The van der Waals surface area contributed by atoms with E-state index in [0.717, 1.165) is 0 Å². The molecular weight excluding hydrogens is 322 g/mol. The van der Waals surface area contributed by atoms with E-state index < -0.39 is 29.6 Å². The van der Waals surface area contributed by atoms with Crippen LogP contribution in [0.5, 0.6) is 0 Å². The molecule has 0 unspecified atom stereocenters. The molecule has 0 aromatic carbocycles. The van der Waals surface area contributed by atoms with Crippen LogP contribution >= 0.6 is 11.8 Å². The number of amides is 1. The Morgan fingerprint density at radius 2 is 1.74 bits per heavy atom. The third kappa shape index (κ3) is 10.0. The molecule has 0 spiro atoms. The van der Waals surface area contributed by atoms with Gasteiger partial charge in [-0.2, -0.15) is 0 Å². The lowest BCUT2D eigenvalue weighted by Crippen LogP contribution is -2.39. The van der Waals surface area contributed by atoms with Gasteiger partial charge in [0.05, 0.1) is 0 Å². The van der Waals surface area contributed by atoms with Crippen molar-refractivity contribution in [2.75, 3.05) is 12.3 Å². The van der Waals surface area contributed by atoms with Crippen molar-refractivity contribution in [1.29, 1.82) is 0 Å². The lowest BCUT2D eigenvalue weighted by molar-refractivity contribution is -0.174. The summed E-state index contributed by atoms with van der Waals surface area (Å²) in [5.41, 5.74) is 0. The third-order valence-corrected chi connectivity index (χ3v) is 4.27. The van der Waals surface area contributed by atoms with Crippen molar-refractivity contribution in [3.05, 3.63) is 0 Å². The van der Waals surface area contributed by atoms with Crippen molar-refractivity contribution in [3.63, 3.8) is 0 Å². The van der Waals surface area contributed by atoms with E-state index in [2.05, 4.69) is 5.32 Å². The number of rotatable bonds is 10. The molecule has 0 radical (unpaired) electrons. The second-order valence-corrected chi connectivity index (χ2v) is 7.03. The fraction of sp³-hybridized carbons (Fsp3) is 0.800. The number of alkyl carbamates (subject to hydrolysis) is 1. The van der Waals surface area contributed by atoms with Crippen LogP contribution in [0.25, 0.3) is 0 Å². The van der Waals surface area contributed by atoms with Crippen LogP contribution in [0, 0.1) is 11.8 Å². The summed E-state index contributed by atoms with van der Waals surface area (Å²) in [4.78, 5) is 34.2. The number of thioether (sulfide) groups is 1. The maximum absolute atomic E-state index is 11.8. The number of esters is 1. The van der Waals surface area contributed by atoms with Crippen molar-refractivity contribution in [1.82, 2.24) is 5.32 Å². The monoisotopic (exact) mass is 349 g/mol. The van der Waals surface area contributed by atoms with Gasteiger partial charge in [0.15, 0.2) is 0 Å². The van der Waals surface area contributed by atoms with Gasteiger partial charge in [0.1, 0.15) is 5.25 Å². The summed E-state index contributed by atoms with van der Waals surface area (Å²) >= 11 is 1.26. The zero-order chi connectivity index (χ0) is 18.0. The molecule has 0 aliphatic carbocycles. The zero-order valence-electron chi connectivity index (χ0n) is 14.3. The van der Waals surface area contributed by atoms with Crippen LogP contribution in [0.4, 0.5) is 4.79 Å². The van der Waals surface area contributed by atoms with E-state index in [9.17, 15) is 14.4 Å². The molecule has 8 heteroatoms. The van der Waals surface area contributed by atoms with E-state index in [1.807, 2.05) is 13.8 Å². The Kier molecular flexibility index (Phi) is 10.5. The average molecular weight is 349 g/mol. The van der Waals surface area contributed by atoms with E-state index in [4.69, 9.17) is 14.6 Å². The Labute approximate surface area is 141 Å². The quantitative estimate of drug-likeness (QED) is 0.461. The number of nitrogens with one attached hydrogen (secondary N) is 1. The molecule has 0 aliphatic heterocycles. The fourth-order valence-electron chi connectivity index (χ4n) is 1.36. The first-order valence-corrected chi connectivity index (χ1v) is 8.70. The highest BCUT2D eigenvalue weighted by Crippen LogP contribution is 2.15. The maximum atomic E-state index is 11.8. The topological polar surface area (TPSA) is 102 Å². The molecule has 23 heavy (non-hydrogen) atoms. The highest BCUT2D eigenvalue weighted by Gasteiger charge is 2.24. The number of aliphatic carboxylic acids is 1. The first kappa shape index (κ1) is 21.6. The predicted octanol–water partition coefficient (Wildman–Crippen LogP) is 2.49. The lowest BCUT2D eigenvalue weighted by atomic mass is 10.2. The molecule has 2 atom stereocenters. The van der Waals surface area contributed by atoms with Crippen molar-refractivity contribution in [2.45, 2.75) is 52.6 Å². The van der Waals surface area contributed by atoms with Gasteiger partial charge in [-0.05, 0) is 11.7 Å². The number of hydrogen-bond acceptors (Lipinski definition) is 6. The smallest absolute Gasteiger partial charge is 0.410 e. The summed E-state index contributed by atoms with van der Waals surface area (Å²) in [7, 11) is 0. The maximum Gasteiger partial charge on any atom is 0.410 e. The van der Waals surface area contributed by atoms with Gasteiger partial charge in [-0.3, -0.25) is 9.59 Å². The molecule has 0 saturated carbocycles. The number of carboxylic acids is 1. The van der Waals surface area contributed by atoms with E-state index in [1.54, 1.807) is 20.8 Å². The van der Waals surface area contributed by atoms with Gasteiger partial charge in [-0.25, -0.2) is 4.79 Å². The molecule has 0 heterocycles. The molecule has 7 nitrogen and oxygen atoms in total. The molecular formula is C15H27NO6S. The van der Waals surface area contributed by atoms with Gasteiger partial charge in [0.2, 0.25) is 0 Å². The van der Waals surface area contributed by atoms with Crippen LogP contribution in [0.1, 0.15) is 41.0 Å². The van der Waals surface area contributed by atoms with Crippen molar-refractivity contribution in [2.24, 2.45) is 11.8 Å². The van der Waals surface area contributed by atoms with Crippen molar-refractivity contribution < 1.29 is 29.0 Å². The van der Waals surface area contributed by atoms with Crippen LogP contribution < -0.4 is 5.32 Å². The van der Waals surface area contributed by atoms with E-state index >= 15 is 0 Å². The van der Waals surface area contributed by atoms with Gasteiger partial charge in [-0.1, -0.05) is 34.6 Å². The van der Waals surface area contributed by atoms with Crippen LogP contribution in [0.15, 0.2) is 0 Å². The highest BCUT2D eigenvalue weighted by atomic mass is 32.2.